The maximum Gasteiger partial charge on any atom is 0.255 e. The Morgan fingerprint density at radius 1 is 1.19 bits per heavy atom. The molecule has 2 rings (SSSR count). The minimum Gasteiger partial charge on any atom is -0.493 e. The smallest absolute Gasteiger partial charge is 0.255 e. The number of amides is 1. The second kappa shape index (κ2) is 10.7. The fourth-order valence-corrected chi connectivity index (χ4v) is 2.49. The summed E-state index contributed by atoms with van der Waals surface area (Å²) < 4.78 is 10.8. The van der Waals surface area contributed by atoms with E-state index in [1.54, 1.807) is 6.07 Å². The van der Waals surface area contributed by atoms with E-state index in [1.165, 1.54) is 7.11 Å². The van der Waals surface area contributed by atoms with E-state index >= 15 is 0 Å². The zero-order valence-electron chi connectivity index (χ0n) is 14.8. The van der Waals surface area contributed by atoms with Crippen molar-refractivity contribution in [1.82, 2.24) is 5.32 Å². The lowest BCUT2D eigenvalue weighted by molar-refractivity contribution is -0.119. The van der Waals surface area contributed by atoms with Crippen LogP contribution in [0.5, 0.6) is 11.5 Å². The number of carbonyl (C=O) groups excluding carboxylic acids is 1. The number of halogens is 1. The van der Waals surface area contributed by atoms with Gasteiger partial charge < -0.3 is 25.6 Å². The molecule has 2 aromatic rings. The summed E-state index contributed by atoms with van der Waals surface area (Å²) in [5, 5.41) is 13.7. The van der Waals surface area contributed by atoms with E-state index in [9.17, 15) is 9.90 Å². The summed E-state index contributed by atoms with van der Waals surface area (Å²) in [6.07, 6.45) is -0.637. The van der Waals surface area contributed by atoms with E-state index in [0.717, 1.165) is 11.1 Å². The molecule has 0 radical (unpaired) electrons. The van der Waals surface area contributed by atoms with Crippen LogP contribution in [-0.2, 0) is 11.3 Å². The van der Waals surface area contributed by atoms with Gasteiger partial charge in [0.1, 0.15) is 0 Å². The molecule has 0 bridgehead atoms. The second-order valence-electron chi connectivity index (χ2n) is 5.73. The average molecular weight is 381 g/mol. The zero-order chi connectivity index (χ0) is 18.2. The van der Waals surface area contributed by atoms with E-state index in [0.29, 0.717) is 18.0 Å². The van der Waals surface area contributed by atoms with Crippen LogP contribution in [0.15, 0.2) is 48.5 Å². The van der Waals surface area contributed by atoms with E-state index < -0.39 is 12.0 Å². The highest BCUT2D eigenvalue weighted by Crippen LogP contribution is 2.31. The van der Waals surface area contributed by atoms with Crippen LogP contribution >= 0.6 is 12.4 Å². The van der Waals surface area contributed by atoms with Crippen molar-refractivity contribution in [2.24, 2.45) is 5.73 Å². The Kier molecular flexibility index (Phi) is 8.92. The molecule has 4 N–H and O–H groups in total. The number of aliphatic hydroxyl groups is 1. The molecule has 0 saturated carbocycles. The molecule has 26 heavy (non-hydrogen) atoms. The normalized spacial score (nSPS) is 12.6. The van der Waals surface area contributed by atoms with Crippen LogP contribution in [0.1, 0.15) is 24.2 Å². The number of methoxy groups -OCH3 is 1. The molecule has 0 aliphatic rings. The first kappa shape index (κ1) is 21.8. The van der Waals surface area contributed by atoms with Crippen molar-refractivity contribution in [3.05, 3.63) is 59.7 Å². The fraction of sp³-hybridized carbons (Fsp3) is 0.316. The summed E-state index contributed by atoms with van der Waals surface area (Å²) in [6.45, 7) is 2.12. The summed E-state index contributed by atoms with van der Waals surface area (Å²) in [5.41, 5.74) is 6.81. The fourth-order valence-electron chi connectivity index (χ4n) is 2.49. The molecule has 0 heterocycles. The Morgan fingerprint density at radius 2 is 1.88 bits per heavy atom. The molecule has 2 atom stereocenters. The molecule has 142 valence electrons. The summed E-state index contributed by atoms with van der Waals surface area (Å²) in [6, 6.07) is 14.7. The Morgan fingerprint density at radius 3 is 2.50 bits per heavy atom. The lowest BCUT2D eigenvalue weighted by atomic mass is 10.0. The second-order valence-corrected chi connectivity index (χ2v) is 5.73. The molecule has 7 heteroatoms. The number of primary amides is 1. The lowest BCUT2D eigenvalue weighted by Crippen LogP contribution is -2.32. The molecule has 2 aromatic carbocycles. The van der Waals surface area contributed by atoms with Gasteiger partial charge in [-0.15, -0.1) is 12.4 Å². The maximum atomic E-state index is 11.0. The van der Waals surface area contributed by atoms with Gasteiger partial charge in [0.05, 0.1) is 13.2 Å². The van der Waals surface area contributed by atoms with Crippen LogP contribution in [0.4, 0.5) is 0 Å². The molecule has 0 saturated heterocycles. The first-order valence-corrected chi connectivity index (χ1v) is 8.06. The number of rotatable bonds is 9. The number of para-hydroxylation sites is 1. The highest BCUT2D eigenvalue weighted by molar-refractivity contribution is 5.85. The van der Waals surface area contributed by atoms with E-state index in [-0.39, 0.29) is 25.1 Å². The molecule has 0 aliphatic carbocycles. The van der Waals surface area contributed by atoms with Crippen molar-refractivity contribution in [2.75, 3.05) is 13.7 Å². The predicted octanol–water partition coefficient (Wildman–Crippen LogP) is 2.19. The third-order valence-electron chi connectivity index (χ3n) is 3.87. The Bertz CT molecular complexity index is 697. The van der Waals surface area contributed by atoms with Gasteiger partial charge >= 0.3 is 0 Å². The quantitative estimate of drug-likeness (QED) is 0.620. The third-order valence-corrected chi connectivity index (χ3v) is 3.87. The van der Waals surface area contributed by atoms with Crippen molar-refractivity contribution in [3.63, 3.8) is 0 Å². The summed E-state index contributed by atoms with van der Waals surface area (Å²) >= 11 is 0. The molecule has 0 aromatic heterocycles. The van der Waals surface area contributed by atoms with Crippen LogP contribution in [0.3, 0.4) is 0 Å². The average Bonchev–Trinajstić information content (AvgIpc) is 2.64. The Balaban J connectivity index is 0.00000338. The van der Waals surface area contributed by atoms with Gasteiger partial charge in [-0.25, -0.2) is 0 Å². The summed E-state index contributed by atoms with van der Waals surface area (Å²) in [7, 11) is 1.53. The number of carbonyl (C=O) groups is 1. The van der Waals surface area contributed by atoms with Crippen molar-refractivity contribution in [1.29, 1.82) is 0 Å². The van der Waals surface area contributed by atoms with Crippen LogP contribution < -0.4 is 20.5 Å². The van der Waals surface area contributed by atoms with Gasteiger partial charge in [-0.05, 0) is 18.6 Å². The topological polar surface area (TPSA) is 93.8 Å². The van der Waals surface area contributed by atoms with Gasteiger partial charge in [0.25, 0.3) is 5.91 Å². The standard InChI is InChI=1S/C19H24N2O4.ClH/c1-13(18(23)14-7-4-3-5-8-14)21-11-15-9-6-10-16(24-2)19(15)25-12-17(20)22;/h3-10,13,18,21,23H,11-12H2,1-2H3,(H2,20,22);1H. The zero-order valence-corrected chi connectivity index (χ0v) is 15.7. The minimum atomic E-state index is -0.637. The third kappa shape index (κ3) is 5.91. The molecular formula is C19H25ClN2O4. The Labute approximate surface area is 159 Å². The Hall–Kier alpha value is -2.28. The van der Waals surface area contributed by atoms with E-state index in [1.807, 2.05) is 49.4 Å². The van der Waals surface area contributed by atoms with E-state index in [4.69, 9.17) is 15.2 Å². The SMILES string of the molecule is COc1cccc(CNC(C)C(O)c2ccccc2)c1OCC(N)=O.Cl. The molecule has 2 unspecified atom stereocenters. The molecule has 0 spiro atoms. The van der Waals surface area contributed by atoms with Crippen LogP contribution in [0.2, 0.25) is 0 Å². The number of nitrogens with one attached hydrogen (secondary N) is 1. The van der Waals surface area contributed by atoms with Crippen LogP contribution in [-0.4, -0.2) is 30.8 Å². The molecular weight excluding hydrogens is 356 g/mol. The first-order chi connectivity index (χ1) is 12.0. The van der Waals surface area contributed by atoms with Crippen LogP contribution in [0.25, 0.3) is 0 Å². The van der Waals surface area contributed by atoms with Crippen molar-refractivity contribution in [2.45, 2.75) is 25.6 Å². The maximum absolute atomic E-state index is 11.0. The number of hydrogen-bond donors (Lipinski definition) is 3. The number of aliphatic hydroxyl groups excluding tert-OH is 1. The highest BCUT2D eigenvalue weighted by Gasteiger charge is 2.17. The summed E-state index contributed by atoms with van der Waals surface area (Å²) in [4.78, 5) is 11.0. The largest absolute Gasteiger partial charge is 0.493 e. The van der Waals surface area contributed by atoms with Crippen LogP contribution in [0, 0.1) is 0 Å². The van der Waals surface area contributed by atoms with E-state index in [2.05, 4.69) is 5.32 Å². The summed E-state index contributed by atoms with van der Waals surface area (Å²) in [5.74, 6) is 0.437. The van der Waals surface area contributed by atoms with Gasteiger partial charge in [0, 0.05) is 18.2 Å². The van der Waals surface area contributed by atoms with Gasteiger partial charge in [-0.1, -0.05) is 42.5 Å². The van der Waals surface area contributed by atoms with Gasteiger partial charge in [-0.3, -0.25) is 4.79 Å². The molecule has 0 aliphatic heterocycles. The molecule has 6 nitrogen and oxygen atoms in total. The van der Waals surface area contributed by atoms with Crippen molar-refractivity contribution < 1.29 is 19.4 Å². The predicted molar refractivity (Wildman–Crippen MR) is 103 cm³/mol. The lowest BCUT2D eigenvalue weighted by Gasteiger charge is -2.22. The van der Waals surface area contributed by atoms with Gasteiger partial charge in [-0.2, -0.15) is 0 Å². The van der Waals surface area contributed by atoms with Gasteiger partial charge in [0.15, 0.2) is 18.1 Å². The van der Waals surface area contributed by atoms with Crippen molar-refractivity contribution >= 4 is 18.3 Å². The molecule has 0 fully saturated rings. The highest BCUT2D eigenvalue weighted by atomic mass is 35.5. The number of benzene rings is 2. The number of hydrogen-bond acceptors (Lipinski definition) is 5. The van der Waals surface area contributed by atoms with Crippen molar-refractivity contribution in [3.8, 4) is 11.5 Å². The minimum absolute atomic E-state index is 0. The first-order valence-electron chi connectivity index (χ1n) is 8.06. The monoisotopic (exact) mass is 380 g/mol. The molecule has 1 amide bonds. The number of nitrogens with two attached hydrogens (primary N) is 1. The number of ether oxygens (including phenoxy) is 2. The van der Waals surface area contributed by atoms with Gasteiger partial charge in [0.2, 0.25) is 0 Å².